The zero-order valence-corrected chi connectivity index (χ0v) is 18.6. The number of nitrogens with zero attached hydrogens (tertiary/aromatic N) is 7. The first kappa shape index (κ1) is 21.6. The second kappa shape index (κ2) is 8.60. The van der Waals surface area contributed by atoms with E-state index in [1.807, 2.05) is 19.1 Å². The van der Waals surface area contributed by atoms with Crippen molar-refractivity contribution < 1.29 is 14.4 Å². The van der Waals surface area contributed by atoms with Gasteiger partial charge in [0.15, 0.2) is 5.76 Å². The standard InChI is InChI=1S/C23H22N8O3/c1-14(20-24-9-4-10-25-20)27-22-26-11-7-17(29-22)15-5-3-6-16(28-15)18-13-19(34-30-18)23(33)8-12-31(2)21(23)32/h3-7,9-11,13-14,33H,8,12H2,1-2H3,(H,26,27,29)/t14?,23-/m1/s1. The molecule has 1 fully saturated rings. The molecule has 2 N–H and O–H groups in total. The Balaban J connectivity index is 1.39. The zero-order valence-electron chi connectivity index (χ0n) is 18.6. The molecular formula is C23H22N8O3. The van der Waals surface area contributed by atoms with Crippen LogP contribution in [0, 0.1) is 0 Å². The summed E-state index contributed by atoms with van der Waals surface area (Å²) in [5, 5.41) is 18.0. The molecule has 5 heterocycles. The van der Waals surface area contributed by atoms with Crippen molar-refractivity contribution in [1.82, 2.24) is 35.0 Å². The largest absolute Gasteiger partial charge is 0.373 e. The van der Waals surface area contributed by atoms with E-state index in [4.69, 9.17) is 4.52 Å². The first-order chi connectivity index (χ1) is 16.4. The lowest BCUT2D eigenvalue weighted by Gasteiger charge is -2.16. The maximum absolute atomic E-state index is 12.4. The van der Waals surface area contributed by atoms with Crippen LogP contribution in [0.4, 0.5) is 5.95 Å². The van der Waals surface area contributed by atoms with Crippen molar-refractivity contribution in [3.63, 3.8) is 0 Å². The number of rotatable bonds is 6. The minimum Gasteiger partial charge on any atom is -0.373 e. The molecule has 1 aliphatic rings. The summed E-state index contributed by atoms with van der Waals surface area (Å²) in [6, 6.07) is 10.3. The van der Waals surface area contributed by atoms with Gasteiger partial charge in [0.25, 0.3) is 5.91 Å². The number of carbonyl (C=O) groups excluding carboxylic acids is 1. The number of likely N-dealkylation sites (tertiary alicyclic amines) is 1. The van der Waals surface area contributed by atoms with E-state index in [0.29, 0.717) is 41.1 Å². The van der Waals surface area contributed by atoms with Gasteiger partial charge < -0.3 is 19.8 Å². The SMILES string of the molecule is CC(Nc1nccc(-c2cccc(-c3cc([C@]4(O)CCN(C)C4=O)on3)n2)n1)c1ncccn1. The van der Waals surface area contributed by atoms with Crippen molar-refractivity contribution in [1.29, 1.82) is 0 Å². The molecule has 0 radical (unpaired) electrons. The highest BCUT2D eigenvalue weighted by atomic mass is 16.5. The lowest BCUT2D eigenvalue weighted by molar-refractivity contribution is -0.144. The van der Waals surface area contributed by atoms with Gasteiger partial charge in [-0.25, -0.2) is 24.9 Å². The first-order valence-corrected chi connectivity index (χ1v) is 10.7. The number of aromatic nitrogens is 6. The molecule has 2 atom stereocenters. The van der Waals surface area contributed by atoms with Gasteiger partial charge in [0.05, 0.1) is 23.1 Å². The molecule has 4 aromatic heterocycles. The van der Waals surface area contributed by atoms with Crippen molar-refractivity contribution in [2.24, 2.45) is 0 Å². The van der Waals surface area contributed by atoms with E-state index in [1.54, 1.807) is 49.9 Å². The number of carbonyl (C=O) groups is 1. The maximum Gasteiger partial charge on any atom is 0.262 e. The van der Waals surface area contributed by atoms with Gasteiger partial charge in [-0.15, -0.1) is 0 Å². The fourth-order valence-corrected chi connectivity index (χ4v) is 3.76. The molecule has 5 rings (SSSR count). The van der Waals surface area contributed by atoms with Crippen LogP contribution < -0.4 is 5.32 Å². The summed E-state index contributed by atoms with van der Waals surface area (Å²) >= 11 is 0. The Bertz CT molecular complexity index is 1330. The highest BCUT2D eigenvalue weighted by molar-refractivity contribution is 5.87. The van der Waals surface area contributed by atoms with Crippen LogP contribution in [0.1, 0.15) is 31.0 Å². The monoisotopic (exact) mass is 458 g/mol. The zero-order chi connectivity index (χ0) is 23.7. The van der Waals surface area contributed by atoms with E-state index in [0.717, 1.165) is 0 Å². The third kappa shape index (κ3) is 3.97. The average molecular weight is 458 g/mol. The number of amides is 1. The normalized spacial score (nSPS) is 18.8. The van der Waals surface area contributed by atoms with E-state index in [-0.39, 0.29) is 18.2 Å². The Hall–Kier alpha value is -4.25. The molecule has 0 saturated carbocycles. The van der Waals surface area contributed by atoms with Gasteiger partial charge >= 0.3 is 0 Å². The van der Waals surface area contributed by atoms with E-state index >= 15 is 0 Å². The van der Waals surface area contributed by atoms with Crippen LogP contribution in [0.15, 0.2) is 59.5 Å². The Kier molecular flexibility index (Phi) is 5.46. The fraction of sp³-hybridized carbons (Fsp3) is 0.261. The van der Waals surface area contributed by atoms with Crippen LogP contribution in [0.25, 0.3) is 22.8 Å². The Labute approximate surface area is 194 Å². The molecule has 1 saturated heterocycles. The summed E-state index contributed by atoms with van der Waals surface area (Å²) in [6.07, 6.45) is 5.25. The number of aliphatic hydroxyl groups is 1. The molecule has 0 bridgehead atoms. The molecule has 1 amide bonds. The third-order valence-corrected chi connectivity index (χ3v) is 5.68. The van der Waals surface area contributed by atoms with Gasteiger partial charge in [-0.1, -0.05) is 11.2 Å². The van der Waals surface area contributed by atoms with E-state index in [2.05, 4.69) is 35.4 Å². The predicted octanol–water partition coefficient (Wildman–Crippen LogP) is 2.21. The number of hydrogen-bond donors (Lipinski definition) is 2. The van der Waals surface area contributed by atoms with Crippen LogP contribution in [0.2, 0.25) is 0 Å². The molecule has 34 heavy (non-hydrogen) atoms. The molecule has 1 aliphatic heterocycles. The number of pyridine rings is 1. The lowest BCUT2D eigenvalue weighted by Crippen LogP contribution is -2.35. The molecular weight excluding hydrogens is 436 g/mol. The summed E-state index contributed by atoms with van der Waals surface area (Å²) < 4.78 is 5.34. The summed E-state index contributed by atoms with van der Waals surface area (Å²) in [4.78, 5) is 35.8. The minimum absolute atomic E-state index is 0.106. The van der Waals surface area contributed by atoms with Crippen molar-refractivity contribution >= 4 is 11.9 Å². The van der Waals surface area contributed by atoms with Gasteiger partial charge in [-0.3, -0.25) is 4.79 Å². The van der Waals surface area contributed by atoms with Crippen LogP contribution in [0.3, 0.4) is 0 Å². The number of likely N-dealkylation sites (N-methyl/N-ethyl adjacent to an activating group) is 1. The van der Waals surface area contributed by atoms with E-state index < -0.39 is 11.5 Å². The van der Waals surface area contributed by atoms with Gasteiger partial charge in [0.2, 0.25) is 11.5 Å². The quantitative estimate of drug-likeness (QED) is 0.441. The van der Waals surface area contributed by atoms with E-state index in [1.165, 1.54) is 4.90 Å². The molecule has 172 valence electrons. The highest BCUT2D eigenvalue weighted by Crippen LogP contribution is 2.34. The van der Waals surface area contributed by atoms with Crippen molar-refractivity contribution in [3.05, 3.63) is 66.6 Å². The van der Waals surface area contributed by atoms with Gasteiger partial charge in [0, 0.05) is 44.7 Å². The predicted molar refractivity (Wildman–Crippen MR) is 121 cm³/mol. The second-order valence-electron chi connectivity index (χ2n) is 8.06. The van der Waals surface area contributed by atoms with Gasteiger partial charge in [-0.2, -0.15) is 0 Å². The van der Waals surface area contributed by atoms with Crippen molar-refractivity contribution in [3.8, 4) is 22.8 Å². The Morgan fingerprint density at radius 1 is 1.03 bits per heavy atom. The Morgan fingerprint density at radius 3 is 2.50 bits per heavy atom. The van der Waals surface area contributed by atoms with Crippen molar-refractivity contribution in [2.75, 3.05) is 18.9 Å². The lowest BCUT2D eigenvalue weighted by atomic mass is 9.98. The van der Waals surface area contributed by atoms with Crippen LogP contribution in [-0.2, 0) is 10.4 Å². The number of nitrogens with one attached hydrogen (secondary N) is 1. The average Bonchev–Trinajstić information content (AvgIpc) is 3.47. The summed E-state index contributed by atoms with van der Waals surface area (Å²) in [7, 11) is 1.64. The molecule has 0 spiro atoms. The summed E-state index contributed by atoms with van der Waals surface area (Å²) in [6.45, 7) is 2.37. The maximum atomic E-state index is 12.4. The molecule has 4 aromatic rings. The second-order valence-corrected chi connectivity index (χ2v) is 8.06. The van der Waals surface area contributed by atoms with Crippen molar-refractivity contribution in [2.45, 2.75) is 25.0 Å². The van der Waals surface area contributed by atoms with Crippen LogP contribution in [0.5, 0.6) is 0 Å². The molecule has 0 aromatic carbocycles. The minimum atomic E-state index is -1.70. The van der Waals surface area contributed by atoms with Gasteiger partial charge in [-0.05, 0) is 31.2 Å². The molecule has 11 nitrogen and oxygen atoms in total. The highest BCUT2D eigenvalue weighted by Gasteiger charge is 2.48. The van der Waals surface area contributed by atoms with Gasteiger partial charge in [0.1, 0.15) is 11.5 Å². The van der Waals surface area contributed by atoms with E-state index in [9.17, 15) is 9.90 Å². The summed E-state index contributed by atoms with van der Waals surface area (Å²) in [5.41, 5.74) is 0.440. The van der Waals surface area contributed by atoms with Crippen LogP contribution in [-0.4, -0.2) is 59.6 Å². The Morgan fingerprint density at radius 2 is 1.76 bits per heavy atom. The topological polar surface area (TPSA) is 143 Å². The third-order valence-electron chi connectivity index (χ3n) is 5.68. The fourth-order valence-electron chi connectivity index (χ4n) is 3.76. The first-order valence-electron chi connectivity index (χ1n) is 10.7. The number of anilines is 1. The van der Waals surface area contributed by atoms with Crippen LogP contribution >= 0.6 is 0 Å². The molecule has 1 unspecified atom stereocenters. The molecule has 11 heteroatoms. The molecule has 0 aliphatic carbocycles. The smallest absolute Gasteiger partial charge is 0.262 e. The number of hydrogen-bond acceptors (Lipinski definition) is 10. The summed E-state index contributed by atoms with van der Waals surface area (Å²) in [5.74, 6) is 0.745.